The number of carbonyl (C=O) groups is 2. The van der Waals surface area contributed by atoms with Crippen molar-refractivity contribution in [1.29, 1.82) is 0 Å². The first-order valence-corrected chi connectivity index (χ1v) is 8.21. The van der Waals surface area contributed by atoms with Crippen molar-refractivity contribution in [1.82, 2.24) is 0 Å². The quantitative estimate of drug-likeness (QED) is 0.388. The van der Waals surface area contributed by atoms with Gasteiger partial charge >= 0.3 is 53.2 Å². The number of carbonyl (C=O) groups excluding carboxylic acids is 2. The summed E-state index contributed by atoms with van der Waals surface area (Å²) in [5, 5.41) is 0. The molecule has 0 aromatic rings. The minimum Gasteiger partial charge on any atom is -0.495 e. The van der Waals surface area contributed by atoms with Gasteiger partial charge in [0, 0.05) is 0 Å². The normalized spacial score (nSPS) is 14.1. The van der Waals surface area contributed by atoms with Gasteiger partial charge in [-0.3, -0.25) is 0 Å². The summed E-state index contributed by atoms with van der Waals surface area (Å²) in [6.45, 7) is 0. The lowest BCUT2D eigenvalue weighted by Gasteiger charge is -2.22. The monoisotopic (exact) mass is 422 g/mol. The van der Waals surface area contributed by atoms with E-state index in [0.717, 1.165) is 0 Å². The van der Waals surface area contributed by atoms with Crippen LogP contribution in [-0.2, 0) is 18.4 Å². The Labute approximate surface area is 125 Å². The summed E-state index contributed by atoms with van der Waals surface area (Å²) < 4.78 is 150. The topological polar surface area (TPSA) is 52.6 Å². The van der Waals surface area contributed by atoms with Crippen molar-refractivity contribution < 1.29 is 71.1 Å². The highest BCUT2D eigenvalue weighted by molar-refractivity contribution is 6.63. The molecule has 24 heavy (non-hydrogen) atoms. The molecule has 0 amide bonds. The van der Waals surface area contributed by atoms with Crippen LogP contribution in [0.1, 0.15) is 0 Å². The summed E-state index contributed by atoms with van der Waals surface area (Å²) in [6.07, 6.45) is 0. The van der Waals surface area contributed by atoms with Crippen molar-refractivity contribution in [2.24, 2.45) is 0 Å². The van der Waals surface area contributed by atoms with E-state index in [1.54, 1.807) is 0 Å². The number of halogens is 12. The summed E-state index contributed by atoms with van der Waals surface area (Å²) >= 11 is 0. The van der Waals surface area contributed by atoms with Crippen LogP contribution in [0.5, 0.6) is 0 Å². The molecule has 4 nitrogen and oxygen atoms in total. The summed E-state index contributed by atoms with van der Waals surface area (Å²) in [7, 11) is -13.1. The Hall–Kier alpha value is -1.47. The molecule has 0 radical (unpaired) electrons. The van der Waals surface area contributed by atoms with E-state index < -0.39 is 53.2 Å². The first-order valence-electron chi connectivity index (χ1n) is 4.96. The predicted octanol–water partition coefficient (Wildman–Crippen LogP) is 1.93. The number of hydrogen-bond donors (Lipinski definition) is 0. The van der Waals surface area contributed by atoms with Crippen molar-refractivity contribution in [3.63, 3.8) is 0 Å². The second-order valence-electron chi connectivity index (χ2n) is 3.74. The molecule has 0 saturated carbocycles. The maximum Gasteiger partial charge on any atom is 0.473 e. The van der Waals surface area contributed by atoms with Crippen molar-refractivity contribution >= 4 is 30.0 Å². The molecule has 0 heterocycles. The first-order chi connectivity index (χ1) is 10.3. The lowest BCUT2D eigenvalue weighted by molar-refractivity contribution is -0.169. The number of hydrogen-bond acceptors (Lipinski definition) is 4. The molecule has 0 aliphatic carbocycles. The fourth-order valence-electron chi connectivity index (χ4n) is 0.949. The highest BCUT2D eigenvalue weighted by Gasteiger charge is 2.66. The lowest BCUT2D eigenvalue weighted by atomic mass is 10.7. The van der Waals surface area contributed by atoms with Crippen LogP contribution in [0.3, 0.4) is 0 Å². The van der Waals surface area contributed by atoms with Gasteiger partial charge in [0.1, 0.15) is 0 Å². The minimum absolute atomic E-state index is 2.73. The van der Waals surface area contributed by atoms with Crippen LogP contribution in [-0.4, -0.2) is 53.2 Å². The molecule has 142 valence electrons. The highest BCUT2D eigenvalue weighted by atomic mass is 28.3. The van der Waals surface area contributed by atoms with Crippen LogP contribution >= 0.6 is 0 Å². The SMILES string of the molecule is O=C(O[SiH](C(F)(F)F)C(F)(F)F)C(=O)O[SiH](C(F)(F)F)C(F)(F)F. The van der Waals surface area contributed by atoms with Gasteiger partial charge in [-0.25, -0.2) is 9.59 Å². The van der Waals surface area contributed by atoms with Gasteiger partial charge in [-0.15, -0.1) is 0 Å². The zero-order valence-electron chi connectivity index (χ0n) is 10.3. The molecule has 0 rings (SSSR count). The molecule has 0 unspecified atom stereocenters. The van der Waals surface area contributed by atoms with E-state index in [4.69, 9.17) is 0 Å². The average molecular weight is 422 g/mol. The fraction of sp³-hybridized carbons (Fsp3) is 0.667. The maximum absolute atomic E-state index is 12.0. The van der Waals surface area contributed by atoms with Crippen molar-refractivity contribution in [2.45, 2.75) is 23.2 Å². The van der Waals surface area contributed by atoms with Crippen molar-refractivity contribution in [3.05, 3.63) is 0 Å². The molecular weight excluding hydrogens is 420 g/mol. The number of alkyl halides is 12. The minimum atomic E-state index is -6.55. The van der Waals surface area contributed by atoms with Crippen LogP contribution in [0.2, 0.25) is 0 Å². The largest absolute Gasteiger partial charge is 0.495 e. The molecule has 0 bridgehead atoms. The van der Waals surface area contributed by atoms with E-state index in [1.165, 1.54) is 0 Å². The van der Waals surface area contributed by atoms with Crippen LogP contribution in [0.4, 0.5) is 52.7 Å². The standard InChI is InChI=1S/C6H2F12O4Si2/c7-3(8,9)23(4(10,11)12)21-1(19)2(20)22-24(5(13,14)15)6(16,17)18/h23-24H. The smallest absolute Gasteiger partial charge is 0.473 e. The van der Waals surface area contributed by atoms with Gasteiger partial charge in [0.15, 0.2) is 0 Å². The molecule has 0 saturated heterocycles. The average Bonchev–Trinajstić information content (AvgIpc) is 2.26. The molecule has 0 atom stereocenters. The summed E-state index contributed by atoms with van der Waals surface area (Å²) in [5.74, 6) is -31.3. The molecule has 18 heteroatoms. The van der Waals surface area contributed by atoms with Crippen LogP contribution in [0, 0.1) is 0 Å². The zero-order chi connectivity index (χ0) is 19.7. The Morgan fingerprint density at radius 3 is 0.792 bits per heavy atom. The van der Waals surface area contributed by atoms with E-state index in [2.05, 4.69) is 8.85 Å². The third kappa shape index (κ3) is 6.57. The molecule has 0 aliphatic rings. The fourth-order valence-corrected chi connectivity index (χ4v) is 2.85. The summed E-state index contributed by atoms with van der Waals surface area (Å²) in [5.41, 5.74) is 0. The molecular formula is C6H2F12O4Si2. The van der Waals surface area contributed by atoms with E-state index >= 15 is 0 Å². The second kappa shape index (κ2) is 6.80. The van der Waals surface area contributed by atoms with Crippen LogP contribution in [0.15, 0.2) is 0 Å². The Balaban J connectivity index is 5.28. The van der Waals surface area contributed by atoms with Crippen LogP contribution < -0.4 is 0 Å². The number of rotatable bonds is 2. The van der Waals surface area contributed by atoms with E-state index in [-0.39, 0.29) is 0 Å². The van der Waals surface area contributed by atoms with E-state index in [0.29, 0.717) is 0 Å². The first kappa shape index (κ1) is 22.5. The molecule has 0 N–H and O–H groups in total. The molecule has 0 aliphatic heterocycles. The van der Waals surface area contributed by atoms with Gasteiger partial charge in [0.25, 0.3) is 0 Å². The van der Waals surface area contributed by atoms with E-state index in [1.807, 2.05) is 0 Å². The zero-order valence-corrected chi connectivity index (χ0v) is 12.6. The Kier molecular flexibility index (Phi) is 6.39. The van der Waals surface area contributed by atoms with Crippen LogP contribution in [0.25, 0.3) is 0 Å². The molecule has 0 spiro atoms. The molecule has 0 aromatic heterocycles. The van der Waals surface area contributed by atoms with Crippen molar-refractivity contribution in [2.75, 3.05) is 0 Å². The Morgan fingerprint density at radius 1 is 0.500 bits per heavy atom. The predicted molar refractivity (Wildman–Crippen MR) is 50.7 cm³/mol. The summed E-state index contributed by atoms with van der Waals surface area (Å²) in [6, 6.07) is 0. The van der Waals surface area contributed by atoms with Gasteiger partial charge in [-0.1, -0.05) is 0 Å². The van der Waals surface area contributed by atoms with Gasteiger partial charge < -0.3 is 8.85 Å². The third-order valence-electron chi connectivity index (χ3n) is 1.81. The second-order valence-corrected chi connectivity index (χ2v) is 8.35. The van der Waals surface area contributed by atoms with Gasteiger partial charge in [-0.05, 0) is 0 Å². The molecule has 0 fully saturated rings. The van der Waals surface area contributed by atoms with Gasteiger partial charge in [0.05, 0.1) is 0 Å². The Morgan fingerprint density at radius 2 is 0.667 bits per heavy atom. The maximum atomic E-state index is 12.0. The van der Waals surface area contributed by atoms with Gasteiger partial charge in [0.2, 0.25) is 0 Å². The highest BCUT2D eigenvalue weighted by Crippen LogP contribution is 2.34. The van der Waals surface area contributed by atoms with Crippen molar-refractivity contribution in [3.8, 4) is 0 Å². The van der Waals surface area contributed by atoms with Gasteiger partial charge in [-0.2, -0.15) is 52.7 Å². The molecule has 0 aromatic carbocycles. The third-order valence-corrected chi connectivity index (χ3v) is 5.08. The lowest BCUT2D eigenvalue weighted by Crippen LogP contribution is -2.54. The Bertz CT molecular complexity index is 404. The summed E-state index contributed by atoms with van der Waals surface area (Å²) in [4.78, 5) is 21.3. The van der Waals surface area contributed by atoms with E-state index in [9.17, 15) is 62.3 Å².